The number of carbonyl (C=O) groups is 2. The van der Waals surface area contributed by atoms with E-state index >= 15 is 0 Å². The molecule has 1 aliphatic rings. The van der Waals surface area contributed by atoms with Crippen molar-refractivity contribution < 1.29 is 19.4 Å². The standard InChI is InChI=1S/C23H28N2O4/c1-17(26)28-29-19-11-9-18(10-12-19)22(27)25-15-13-24(14-16-25)21-8-6-5-7-20(21)23(2,3)4/h5-12H,13-16H2,1-4H3. The summed E-state index contributed by atoms with van der Waals surface area (Å²) >= 11 is 0. The van der Waals surface area contributed by atoms with Crippen LogP contribution in [0.2, 0.25) is 0 Å². The van der Waals surface area contributed by atoms with Crippen LogP contribution in [0.1, 0.15) is 43.6 Å². The van der Waals surface area contributed by atoms with Crippen molar-refractivity contribution in [3.05, 3.63) is 59.7 Å². The predicted molar refractivity (Wildman–Crippen MR) is 112 cm³/mol. The van der Waals surface area contributed by atoms with Gasteiger partial charge in [0.2, 0.25) is 0 Å². The molecule has 0 unspecified atom stereocenters. The van der Waals surface area contributed by atoms with Crippen molar-refractivity contribution in [3.8, 4) is 5.75 Å². The third-order valence-electron chi connectivity index (χ3n) is 4.98. The number of amides is 1. The quantitative estimate of drug-likeness (QED) is 0.581. The summed E-state index contributed by atoms with van der Waals surface area (Å²) < 4.78 is 0. The molecule has 1 heterocycles. The predicted octanol–water partition coefficient (Wildman–Crippen LogP) is 3.80. The van der Waals surface area contributed by atoms with E-state index in [4.69, 9.17) is 4.89 Å². The van der Waals surface area contributed by atoms with Crippen molar-refractivity contribution in [3.63, 3.8) is 0 Å². The summed E-state index contributed by atoms with van der Waals surface area (Å²) in [4.78, 5) is 37.2. The van der Waals surface area contributed by atoms with Gasteiger partial charge in [0.25, 0.3) is 5.91 Å². The Morgan fingerprint density at radius 3 is 2.10 bits per heavy atom. The average molecular weight is 396 g/mol. The van der Waals surface area contributed by atoms with E-state index in [2.05, 4.69) is 54.8 Å². The maximum Gasteiger partial charge on any atom is 0.352 e. The molecular weight excluding hydrogens is 368 g/mol. The van der Waals surface area contributed by atoms with Crippen LogP contribution in [0.25, 0.3) is 0 Å². The lowest BCUT2D eigenvalue weighted by Gasteiger charge is -2.38. The highest BCUT2D eigenvalue weighted by Gasteiger charge is 2.26. The lowest BCUT2D eigenvalue weighted by Crippen LogP contribution is -2.49. The van der Waals surface area contributed by atoms with Crippen LogP contribution in [0.4, 0.5) is 5.69 Å². The number of para-hydroxylation sites is 1. The van der Waals surface area contributed by atoms with E-state index in [1.807, 2.05) is 4.90 Å². The highest BCUT2D eigenvalue weighted by molar-refractivity contribution is 5.94. The zero-order valence-electron chi connectivity index (χ0n) is 17.5. The number of benzene rings is 2. The number of piperazine rings is 1. The number of carbonyl (C=O) groups excluding carboxylic acids is 2. The summed E-state index contributed by atoms with van der Waals surface area (Å²) in [6.07, 6.45) is 0. The SMILES string of the molecule is CC(=O)OOc1ccc(C(=O)N2CCN(c3ccccc3C(C)(C)C)CC2)cc1. The molecule has 154 valence electrons. The zero-order valence-corrected chi connectivity index (χ0v) is 17.5. The van der Waals surface area contributed by atoms with Gasteiger partial charge < -0.3 is 9.80 Å². The van der Waals surface area contributed by atoms with Crippen LogP contribution in [0, 0.1) is 0 Å². The minimum Gasteiger partial charge on any atom is -0.368 e. The van der Waals surface area contributed by atoms with Gasteiger partial charge >= 0.3 is 5.97 Å². The van der Waals surface area contributed by atoms with Crippen molar-refractivity contribution in [2.45, 2.75) is 33.1 Å². The van der Waals surface area contributed by atoms with Crippen molar-refractivity contribution >= 4 is 17.6 Å². The maximum absolute atomic E-state index is 12.8. The van der Waals surface area contributed by atoms with E-state index in [0.29, 0.717) is 24.4 Å². The first-order valence-electron chi connectivity index (χ1n) is 9.84. The molecular formula is C23H28N2O4. The second-order valence-electron chi connectivity index (χ2n) is 8.23. The molecule has 1 saturated heterocycles. The third-order valence-corrected chi connectivity index (χ3v) is 4.98. The van der Waals surface area contributed by atoms with Gasteiger partial charge in [-0.3, -0.25) is 14.6 Å². The summed E-state index contributed by atoms with van der Waals surface area (Å²) in [6, 6.07) is 15.1. The molecule has 0 spiro atoms. The molecule has 6 nitrogen and oxygen atoms in total. The highest BCUT2D eigenvalue weighted by atomic mass is 17.2. The molecule has 0 aromatic heterocycles. The topological polar surface area (TPSA) is 59.1 Å². The Kier molecular flexibility index (Phi) is 6.11. The summed E-state index contributed by atoms with van der Waals surface area (Å²) in [5.74, 6) is -0.163. The fourth-order valence-corrected chi connectivity index (χ4v) is 3.48. The molecule has 0 atom stereocenters. The molecule has 0 bridgehead atoms. The summed E-state index contributed by atoms with van der Waals surface area (Å²) in [6.45, 7) is 10.9. The molecule has 0 radical (unpaired) electrons. The fraction of sp³-hybridized carbons (Fsp3) is 0.391. The van der Waals surface area contributed by atoms with E-state index < -0.39 is 5.97 Å². The lowest BCUT2D eigenvalue weighted by molar-refractivity contribution is -0.210. The molecule has 0 aliphatic carbocycles. The number of nitrogens with zero attached hydrogens (tertiary/aromatic N) is 2. The summed E-state index contributed by atoms with van der Waals surface area (Å²) in [5.41, 5.74) is 3.23. The summed E-state index contributed by atoms with van der Waals surface area (Å²) in [7, 11) is 0. The van der Waals surface area contributed by atoms with Gasteiger partial charge in [-0.05, 0) is 41.3 Å². The number of anilines is 1. The normalized spacial score (nSPS) is 14.5. The largest absolute Gasteiger partial charge is 0.368 e. The van der Waals surface area contributed by atoms with E-state index in [-0.39, 0.29) is 11.3 Å². The number of hydrogen-bond donors (Lipinski definition) is 0. The molecule has 6 heteroatoms. The Balaban J connectivity index is 1.62. The van der Waals surface area contributed by atoms with Gasteiger partial charge in [0.1, 0.15) is 0 Å². The third kappa shape index (κ3) is 5.08. The molecule has 2 aromatic rings. The smallest absolute Gasteiger partial charge is 0.352 e. The molecule has 1 fully saturated rings. The first-order chi connectivity index (χ1) is 13.8. The van der Waals surface area contributed by atoms with Crippen LogP contribution >= 0.6 is 0 Å². The van der Waals surface area contributed by atoms with Gasteiger partial charge in [0, 0.05) is 44.4 Å². The Labute approximate surface area is 171 Å². The average Bonchev–Trinajstić information content (AvgIpc) is 2.71. The second kappa shape index (κ2) is 8.55. The Morgan fingerprint density at radius 2 is 1.52 bits per heavy atom. The van der Waals surface area contributed by atoms with Crippen molar-refractivity contribution in [2.24, 2.45) is 0 Å². The van der Waals surface area contributed by atoms with Crippen molar-refractivity contribution in [2.75, 3.05) is 31.1 Å². The Morgan fingerprint density at radius 1 is 0.897 bits per heavy atom. The summed E-state index contributed by atoms with van der Waals surface area (Å²) in [5, 5.41) is 0. The van der Waals surface area contributed by atoms with Gasteiger partial charge in [0.05, 0.1) is 0 Å². The molecule has 0 saturated carbocycles. The molecule has 1 aliphatic heterocycles. The highest BCUT2D eigenvalue weighted by Crippen LogP contribution is 2.32. The van der Waals surface area contributed by atoms with Crippen LogP contribution in [0.3, 0.4) is 0 Å². The fourth-order valence-electron chi connectivity index (χ4n) is 3.48. The van der Waals surface area contributed by atoms with E-state index in [1.54, 1.807) is 24.3 Å². The van der Waals surface area contributed by atoms with Crippen molar-refractivity contribution in [1.29, 1.82) is 0 Å². The van der Waals surface area contributed by atoms with Gasteiger partial charge in [-0.15, -0.1) is 0 Å². The van der Waals surface area contributed by atoms with Crippen LogP contribution in [-0.4, -0.2) is 43.0 Å². The van der Waals surface area contributed by atoms with E-state index in [9.17, 15) is 9.59 Å². The Bertz CT molecular complexity index is 863. The molecule has 1 amide bonds. The van der Waals surface area contributed by atoms with Crippen LogP contribution < -0.4 is 9.79 Å². The van der Waals surface area contributed by atoms with E-state index in [1.165, 1.54) is 18.2 Å². The molecule has 0 N–H and O–H groups in total. The van der Waals surface area contributed by atoms with Crippen LogP contribution in [-0.2, 0) is 15.1 Å². The molecule has 2 aromatic carbocycles. The maximum atomic E-state index is 12.8. The van der Waals surface area contributed by atoms with Crippen LogP contribution in [0.5, 0.6) is 5.75 Å². The van der Waals surface area contributed by atoms with Gasteiger partial charge in [-0.2, -0.15) is 0 Å². The minimum atomic E-state index is -0.531. The second-order valence-corrected chi connectivity index (χ2v) is 8.23. The van der Waals surface area contributed by atoms with Gasteiger partial charge in [-0.1, -0.05) is 39.0 Å². The zero-order chi connectivity index (χ0) is 21.0. The number of rotatable bonds is 4. The lowest BCUT2D eigenvalue weighted by atomic mass is 9.85. The van der Waals surface area contributed by atoms with E-state index in [0.717, 1.165) is 13.1 Å². The van der Waals surface area contributed by atoms with Gasteiger partial charge in [0.15, 0.2) is 5.75 Å². The number of hydrogen-bond acceptors (Lipinski definition) is 5. The minimum absolute atomic E-state index is 0.00667. The molecule has 3 rings (SSSR count). The van der Waals surface area contributed by atoms with Crippen LogP contribution in [0.15, 0.2) is 48.5 Å². The van der Waals surface area contributed by atoms with Gasteiger partial charge in [-0.25, -0.2) is 4.79 Å². The molecule has 29 heavy (non-hydrogen) atoms. The monoisotopic (exact) mass is 396 g/mol. The van der Waals surface area contributed by atoms with Crippen molar-refractivity contribution in [1.82, 2.24) is 4.90 Å². The first kappa shape index (κ1) is 20.7. The first-order valence-corrected chi connectivity index (χ1v) is 9.84. The Hall–Kier alpha value is -3.02.